The van der Waals surface area contributed by atoms with Gasteiger partial charge >= 0.3 is 0 Å². The van der Waals surface area contributed by atoms with Crippen LogP contribution in [0.4, 0.5) is 4.39 Å². The summed E-state index contributed by atoms with van der Waals surface area (Å²) in [5, 5.41) is 0. The summed E-state index contributed by atoms with van der Waals surface area (Å²) in [6.45, 7) is 3.98. The summed E-state index contributed by atoms with van der Waals surface area (Å²) >= 11 is 0. The van der Waals surface area contributed by atoms with E-state index in [1.165, 1.54) is 12.1 Å². The fourth-order valence-electron chi connectivity index (χ4n) is 3.20. The Balaban J connectivity index is 1.56. The molecule has 0 aliphatic carbocycles. The number of amides is 2. The summed E-state index contributed by atoms with van der Waals surface area (Å²) in [5.41, 5.74) is 1.27. The van der Waals surface area contributed by atoms with E-state index in [1.54, 1.807) is 22.8 Å². The summed E-state index contributed by atoms with van der Waals surface area (Å²) in [6.07, 6.45) is 4.20. The SMILES string of the molecule is CCOc1ccc(C(=O)N2CCN(C(=O)Cc3ccn(C)c3)CC2)cc1F. The molecule has 27 heavy (non-hydrogen) atoms. The Morgan fingerprint density at radius 1 is 1.11 bits per heavy atom. The first-order valence-electron chi connectivity index (χ1n) is 9.08. The van der Waals surface area contributed by atoms with E-state index in [0.717, 1.165) is 5.56 Å². The Kier molecular flexibility index (Phi) is 5.78. The van der Waals surface area contributed by atoms with Crippen LogP contribution in [0.1, 0.15) is 22.8 Å². The molecule has 0 atom stereocenters. The number of aromatic nitrogens is 1. The van der Waals surface area contributed by atoms with E-state index in [0.29, 0.717) is 44.8 Å². The number of piperazine rings is 1. The highest BCUT2D eigenvalue weighted by molar-refractivity contribution is 5.94. The van der Waals surface area contributed by atoms with Crippen LogP contribution in [0.25, 0.3) is 0 Å². The normalized spacial score (nSPS) is 14.3. The molecule has 0 spiro atoms. The number of halogens is 1. The van der Waals surface area contributed by atoms with Crippen LogP contribution in [-0.4, -0.2) is 59.0 Å². The van der Waals surface area contributed by atoms with Crippen LogP contribution in [-0.2, 0) is 18.3 Å². The van der Waals surface area contributed by atoms with Gasteiger partial charge in [0.1, 0.15) is 0 Å². The first-order chi connectivity index (χ1) is 13.0. The lowest BCUT2D eigenvalue weighted by Gasteiger charge is -2.35. The van der Waals surface area contributed by atoms with Crippen molar-refractivity contribution in [3.63, 3.8) is 0 Å². The summed E-state index contributed by atoms with van der Waals surface area (Å²) in [5.74, 6) is -0.572. The molecule has 1 aromatic heterocycles. The van der Waals surface area contributed by atoms with Gasteiger partial charge in [0.05, 0.1) is 13.0 Å². The molecule has 0 radical (unpaired) electrons. The minimum atomic E-state index is -0.542. The maximum absolute atomic E-state index is 14.0. The summed E-state index contributed by atoms with van der Waals surface area (Å²) in [7, 11) is 1.92. The molecule has 0 unspecified atom stereocenters. The number of hydrogen-bond donors (Lipinski definition) is 0. The molecule has 0 N–H and O–H groups in total. The van der Waals surface area contributed by atoms with E-state index >= 15 is 0 Å². The van der Waals surface area contributed by atoms with E-state index in [9.17, 15) is 14.0 Å². The third-order valence-electron chi connectivity index (χ3n) is 4.65. The van der Waals surface area contributed by atoms with Crippen LogP contribution >= 0.6 is 0 Å². The first kappa shape index (κ1) is 18.9. The maximum Gasteiger partial charge on any atom is 0.254 e. The lowest BCUT2D eigenvalue weighted by Crippen LogP contribution is -2.51. The molecule has 2 amide bonds. The van der Waals surface area contributed by atoms with Crippen molar-refractivity contribution in [2.45, 2.75) is 13.3 Å². The van der Waals surface area contributed by atoms with Gasteiger partial charge in [-0.25, -0.2) is 4.39 Å². The predicted octanol–water partition coefficient (Wildman–Crippen LogP) is 2.09. The molecule has 1 fully saturated rings. The second-order valence-electron chi connectivity index (χ2n) is 6.61. The number of carbonyl (C=O) groups excluding carboxylic acids is 2. The number of nitrogens with zero attached hydrogens (tertiary/aromatic N) is 3. The maximum atomic E-state index is 14.0. The standard InChI is InChI=1S/C20H24FN3O3/c1-3-27-18-5-4-16(13-17(18)21)20(26)24-10-8-23(9-11-24)19(25)12-15-6-7-22(2)14-15/h4-7,13-14H,3,8-12H2,1-2H3. The number of aryl methyl sites for hydroxylation is 1. The monoisotopic (exact) mass is 373 g/mol. The highest BCUT2D eigenvalue weighted by Gasteiger charge is 2.25. The summed E-state index contributed by atoms with van der Waals surface area (Å²) in [4.78, 5) is 28.4. The molecule has 1 aromatic carbocycles. The van der Waals surface area contributed by atoms with Crippen LogP contribution < -0.4 is 4.74 Å². The average molecular weight is 373 g/mol. The van der Waals surface area contributed by atoms with Gasteiger partial charge in [-0.2, -0.15) is 0 Å². The van der Waals surface area contributed by atoms with E-state index in [-0.39, 0.29) is 17.6 Å². The molecule has 3 rings (SSSR count). The molecule has 6 nitrogen and oxygen atoms in total. The summed E-state index contributed by atoms with van der Waals surface area (Å²) < 4.78 is 21.1. The Hall–Kier alpha value is -2.83. The molecular weight excluding hydrogens is 349 g/mol. The lowest BCUT2D eigenvalue weighted by molar-refractivity contribution is -0.131. The third-order valence-corrected chi connectivity index (χ3v) is 4.65. The number of benzene rings is 1. The smallest absolute Gasteiger partial charge is 0.254 e. The second kappa shape index (κ2) is 8.24. The van der Waals surface area contributed by atoms with Gasteiger partial charge in [-0.3, -0.25) is 9.59 Å². The van der Waals surface area contributed by atoms with Crippen LogP contribution in [0.2, 0.25) is 0 Å². The molecule has 7 heteroatoms. The Bertz CT molecular complexity index is 826. The number of hydrogen-bond acceptors (Lipinski definition) is 3. The number of rotatable bonds is 5. The molecule has 1 aliphatic rings. The van der Waals surface area contributed by atoms with Crippen molar-refractivity contribution in [3.8, 4) is 5.75 Å². The Morgan fingerprint density at radius 2 is 1.81 bits per heavy atom. The second-order valence-corrected chi connectivity index (χ2v) is 6.61. The zero-order valence-electron chi connectivity index (χ0n) is 15.7. The van der Waals surface area contributed by atoms with Crippen LogP contribution in [0.15, 0.2) is 36.7 Å². The van der Waals surface area contributed by atoms with Gasteiger partial charge < -0.3 is 19.1 Å². The number of carbonyl (C=O) groups is 2. The van der Waals surface area contributed by atoms with E-state index in [2.05, 4.69) is 0 Å². The van der Waals surface area contributed by atoms with E-state index in [4.69, 9.17) is 4.74 Å². The van der Waals surface area contributed by atoms with Gasteiger partial charge in [-0.1, -0.05) is 0 Å². The Labute approximate surface area is 158 Å². The van der Waals surface area contributed by atoms with Gasteiger partial charge in [0.25, 0.3) is 5.91 Å². The van der Waals surface area contributed by atoms with E-state index in [1.807, 2.05) is 30.1 Å². The molecular formula is C20H24FN3O3. The average Bonchev–Trinajstić information content (AvgIpc) is 3.07. The minimum absolute atomic E-state index is 0.0559. The number of ether oxygens (including phenoxy) is 1. The van der Waals surface area contributed by atoms with Gasteiger partial charge in [-0.15, -0.1) is 0 Å². The molecule has 2 aromatic rings. The largest absolute Gasteiger partial charge is 0.491 e. The topological polar surface area (TPSA) is 54.8 Å². The summed E-state index contributed by atoms with van der Waals surface area (Å²) in [6, 6.07) is 6.19. The van der Waals surface area contributed by atoms with Crippen molar-refractivity contribution in [2.75, 3.05) is 32.8 Å². The van der Waals surface area contributed by atoms with Crippen LogP contribution in [0.5, 0.6) is 5.75 Å². The highest BCUT2D eigenvalue weighted by atomic mass is 19.1. The zero-order chi connectivity index (χ0) is 19.4. The highest BCUT2D eigenvalue weighted by Crippen LogP contribution is 2.20. The van der Waals surface area contributed by atoms with Crippen molar-refractivity contribution >= 4 is 11.8 Å². The van der Waals surface area contributed by atoms with Crippen molar-refractivity contribution in [1.82, 2.24) is 14.4 Å². The fourth-order valence-corrected chi connectivity index (χ4v) is 3.20. The van der Waals surface area contributed by atoms with Gasteiger partial charge in [0, 0.05) is 51.2 Å². The minimum Gasteiger partial charge on any atom is -0.491 e. The molecule has 0 bridgehead atoms. The zero-order valence-corrected chi connectivity index (χ0v) is 15.7. The fraction of sp³-hybridized carbons (Fsp3) is 0.400. The molecule has 0 saturated carbocycles. The molecule has 1 saturated heterocycles. The van der Waals surface area contributed by atoms with Gasteiger partial charge in [-0.05, 0) is 36.8 Å². The molecule has 1 aliphatic heterocycles. The quantitative estimate of drug-likeness (QED) is 0.807. The molecule has 144 valence electrons. The third kappa shape index (κ3) is 4.48. The van der Waals surface area contributed by atoms with Gasteiger partial charge in [0.2, 0.25) is 5.91 Å². The van der Waals surface area contributed by atoms with Crippen molar-refractivity contribution in [1.29, 1.82) is 0 Å². The van der Waals surface area contributed by atoms with Crippen molar-refractivity contribution < 1.29 is 18.7 Å². The van der Waals surface area contributed by atoms with E-state index < -0.39 is 5.82 Å². The van der Waals surface area contributed by atoms with Crippen LogP contribution in [0.3, 0.4) is 0 Å². The Morgan fingerprint density at radius 3 is 2.41 bits per heavy atom. The lowest BCUT2D eigenvalue weighted by atomic mass is 10.1. The van der Waals surface area contributed by atoms with Crippen molar-refractivity contribution in [3.05, 3.63) is 53.6 Å². The van der Waals surface area contributed by atoms with Crippen molar-refractivity contribution in [2.24, 2.45) is 7.05 Å². The van der Waals surface area contributed by atoms with Gasteiger partial charge in [0.15, 0.2) is 11.6 Å². The first-order valence-corrected chi connectivity index (χ1v) is 9.08. The molecule has 2 heterocycles. The predicted molar refractivity (Wildman–Crippen MR) is 99.2 cm³/mol. The van der Waals surface area contributed by atoms with Crippen LogP contribution in [0, 0.1) is 5.82 Å².